The van der Waals surface area contributed by atoms with E-state index in [0.717, 1.165) is 15.6 Å². The molecule has 3 rings (SSSR count). The second kappa shape index (κ2) is 4.90. The van der Waals surface area contributed by atoms with E-state index in [1.54, 1.807) is 6.07 Å². The van der Waals surface area contributed by atoms with Crippen LogP contribution >= 0.6 is 28.1 Å². The molecule has 0 aliphatic carbocycles. The van der Waals surface area contributed by atoms with Crippen LogP contribution in [0.3, 0.4) is 0 Å². The Labute approximate surface area is 123 Å². The molecule has 0 fully saturated rings. The van der Waals surface area contributed by atoms with Gasteiger partial charge in [0.1, 0.15) is 11.3 Å². The van der Waals surface area contributed by atoms with E-state index in [-0.39, 0.29) is 5.82 Å². The van der Waals surface area contributed by atoms with E-state index in [1.807, 2.05) is 34.9 Å². The number of H-pyrrole nitrogens is 1. The zero-order valence-electron chi connectivity index (χ0n) is 9.86. The Morgan fingerprint density at radius 1 is 1.16 bits per heavy atom. The predicted molar refractivity (Wildman–Crippen MR) is 80.3 cm³/mol. The molecule has 3 aromatic rings. The van der Waals surface area contributed by atoms with Crippen LogP contribution in [0.2, 0.25) is 0 Å². The maximum atomic E-state index is 13.7. The summed E-state index contributed by atoms with van der Waals surface area (Å²) in [6.07, 6.45) is 0. The average molecular weight is 337 g/mol. The molecule has 0 bridgehead atoms. The number of aromatic nitrogens is 2. The minimum absolute atomic E-state index is 0.283. The summed E-state index contributed by atoms with van der Waals surface area (Å²) in [6.45, 7) is 0.601. The van der Waals surface area contributed by atoms with E-state index in [2.05, 4.69) is 20.9 Å². The summed E-state index contributed by atoms with van der Waals surface area (Å²) < 4.78 is 17.1. The smallest absolute Gasteiger partial charge is 0.178 e. The van der Waals surface area contributed by atoms with Gasteiger partial charge in [-0.15, -0.1) is 0 Å². The van der Waals surface area contributed by atoms with E-state index >= 15 is 0 Å². The van der Waals surface area contributed by atoms with Crippen molar-refractivity contribution >= 4 is 39.2 Å². The summed E-state index contributed by atoms with van der Waals surface area (Å²) in [5.41, 5.74) is 2.34. The highest BCUT2D eigenvalue weighted by molar-refractivity contribution is 9.10. The lowest BCUT2D eigenvalue weighted by Crippen LogP contribution is -2.00. The zero-order valence-corrected chi connectivity index (χ0v) is 12.3. The minimum atomic E-state index is -0.283. The van der Waals surface area contributed by atoms with Gasteiger partial charge in [0.25, 0.3) is 0 Å². The number of halogens is 2. The van der Waals surface area contributed by atoms with Crippen molar-refractivity contribution in [3.63, 3.8) is 0 Å². The first-order valence-corrected chi connectivity index (χ1v) is 6.97. The normalized spacial score (nSPS) is 11.1. The number of hydrogen-bond donors (Lipinski definition) is 1. The number of benzene rings is 2. The van der Waals surface area contributed by atoms with E-state index in [1.165, 1.54) is 6.07 Å². The van der Waals surface area contributed by atoms with Gasteiger partial charge >= 0.3 is 0 Å². The molecule has 0 aliphatic rings. The van der Waals surface area contributed by atoms with Crippen molar-refractivity contribution in [3.8, 4) is 0 Å². The number of aromatic amines is 1. The van der Waals surface area contributed by atoms with Gasteiger partial charge in [0.05, 0.1) is 12.1 Å². The first-order valence-electron chi connectivity index (χ1n) is 5.77. The fourth-order valence-corrected chi connectivity index (χ4v) is 2.77. The van der Waals surface area contributed by atoms with Crippen molar-refractivity contribution in [3.05, 3.63) is 63.1 Å². The Bertz CT molecular complexity index is 807. The monoisotopic (exact) mass is 336 g/mol. The maximum absolute atomic E-state index is 13.7. The zero-order chi connectivity index (χ0) is 13.4. The third-order valence-corrected chi connectivity index (χ3v) is 4.14. The van der Waals surface area contributed by atoms with Crippen LogP contribution in [0.5, 0.6) is 0 Å². The molecule has 96 valence electrons. The van der Waals surface area contributed by atoms with Crippen LogP contribution in [0.1, 0.15) is 5.56 Å². The van der Waals surface area contributed by atoms with Gasteiger partial charge in [0.15, 0.2) is 4.77 Å². The Balaban J connectivity index is 2.16. The van der Waals surface area contributed by atoms with Gasteiger partial charge < -0.3 is 9.55 Å². The van der Waals surface area contributed by atoms with Crippen LogP contribution in [0, 0.1) is 10.6 Å². The molecule has 0 saturated carbocycles. The molecular weight excluding hydrogens is 327 g/mol. The number of nitrogens with one attached hydrogen (secondary N) is 1. The lowest BCUT2D eigenvalue weighted by Gasteiger charge is -2.06. The fraction of sp³-hybridized carbons (Fsp3) is 0.0714. The molecule has 1 aromatic heterocycles. The molecule has 0 atom stereocenters. The summed E-state index contributed by atoms with van der Waals surface area (Å²) in [7, 11) is 0. The summed E-state index contributed by atoms with van der Waals surface area (Å²) >= 11 is 8.79. The third kappa shape index (κ3) is 2.24. The molecule has 0 spiro atoms. The summed E-state index contributed by atoms with van der Waals surface area (Å²) in [5, 5.41) is 0. The van der Waals surface area contributed by atoms with E-state index < -0.39 is 0 Å². The molecule has 0 amide bonds. The summed E-state index contributed by atoms with van der Waals surface area (Å²) in [6, 6.07) is 12.9. The number of imidazole rings is 1. The largest absolute Gasteiger partial charge is 0.328 e. The Kier molecular flexibility index (Phi) is 3.24. The van der Waals surface area contributed by atoms with Gasteiger partial charge in [0, 0.05) is 4.47 Å². The Morgan fingerprint density at radius 3 is 2.74 bits per heavy atom. The van der Waals surface area contributed by atoms with Crippen LogP contribution in [0.4, 0.5) is 4.39 Å². The highest BCUT2D eigenvalue weighted by atomic mass is 79.9. The van der Waals surface area contributed by atoms with Gasteiger partial charge in [-0.1, -0.05) is 40.2 Å². The summed E-state index contributed by atoms with van der Waals surface area (Å²) in [5.74, 6) is -0.283. The van der Waals surface area contributed by atoms with Crippen molar-refractivity contribution in [2.75, 3.05) is 0 Å². The first-order chi connectivity index (χ1) is 9.16. The van der Waals surface area contributed by atoms with Crippen LogP contribution < -0.4 is 0 Å². The van der Waals surface area contributed by atoms with Crippen LogP contribution in [-0.4, -0.2) is 9.55 Å². The Morgan fingerprint density at radius 2 is 1.95 bits per heavy atom. The molecule has 0 radical (unpaired) electrons. The summed E-state index contributed by atoms with van der Waals surface area (Å²) in [4.78, 5) is 2.92. The number of hydrogen-bond acceptors (Lipinski definition) is 1. The topological polar surface area (TPSA) is 20.7 Å². The van der Waals surface area contributed by atoms with Crippen molar-refractivity contribution in [2.24, 2.45) is 0 Å². The molecule has 2 nitrogen and oxygen atoms in total. The van der Waals surface area contributed by atoms with Crippen LogP contribution in [-0.2, 0) is 6.54 Å². The molecule has 1 N–H and O–H groups in total. The Hall–Kier alpha value is -1.46. The van der Waals surface area contributed by atoms with E-state index in [0.29, 0.717) is 16.8 Å². The standard InChI is InChI=1S/C14H10BrFN2S/c15-10-5-2-1-4-9(10)8-18-12-7-3-6-11(16)13(12)17-14(18)19/h1-7H,8H2,(H,17,19). The fourth-order valence-electron chi connectivity index (χ4n) is 2.10. The maximum Gasteiger partial charge on any atom is 0.178 e. The second-order valence-electron chi connectivity index (χ2n) is 4.24. The lowest BCUT2D eigenvalue weighted by molar-refractivity contribution is 0.637. The molecule has 0 unspecified atom stereocenters. The van der Waals surface area contributed by atoms with Crippen molar-refractivity contribution in [2.45, 2.75) is 6.54 Å². The van der Waals surface area contributed by atoms with Gasteiger partial charge in [-0.3, -0.25) is 0 Å². The van der Waals surface area contributed by atoms with Crippen LogP contribution in [0.15, 0.2) is 46.9 Å². The molecule has 1 heterocycles. The van der Waals surface area contributed by atoms with E-state index in [9.17, 15) is 4.39 Å². The second-order valence-corrected chi connectivity index (χ2v) is 5.48. The average Bonchev–Trinajstić information content (AvgIpc) is 2.71. The SMILES string of the molecule is Fc1cccc2c1[nH]c(=S)n2Cc1ccccc1Br. The quantitative estimate of drug-likeness (QED) is 0.675. The third-order valence-electron chi connectivity index (χ3n) is 3.05. The molecule has 19 heavy (non-hydrogen) atoms. The van der Waals surface area contributed by atoms with Gasteiger partial charge in [0.2, 0.25) is 0 Å². The van der Waals surface area contributed by atoms with Crippen LogP contribution in [0.25, 0.3) is 11.0 Å². The molecule has 0 aliphatic heterocycles. The first kappa shape index (κ1) is 12.6. The minimum Gasteiger partial charge on any atom is -0.328 e. The molecular formula is C14H10BrFN2S. The van der Waals surface area contributed by atoms with Crippen molar-refractivity contribution in [1.82, 2.24) is 9.55 Å². The number of para-hydroxylation sites is 1. The number of rotatable bonds is 2. The highest BCUT2D eigenvalue weighted by Gasteiger charge is 2.09. The highest BCUT2D eigenvalue weighted by Crippen LogP contribution is 2.22. The van der Waals surface area contributed by atoms with E-state index in [4.69, 9.17) is 12.2 Å². The van der Waals surface area contributed by atoms with Crippen molar-refractivity contribution < 1.29 is 4.39 Å². The number of fused-ring (bicyclic) bond motifs is 1. The lowest BCUT2D eigenvalue weighted by atomic mass is 10.2. The van der Waals surface area contributed by atoms with Gasteiger partial charge in [-0.05, 0) is 36.0 Å². The molecule has 0 saturated heterocycles. The predicted octanol–water partition coefficient (Wildman–Crippen LogP) is 4.65. The van der Waals surface area contributed by atoms with Gasteiger partial charge in [-0.2, -0.15) is 0 Å². The van der Waals surface area contributed by atoms with Crippen molar-refractivity contribution in [1.29, 1.82) is 0 Å². The van der Waals surface area contributed by atoms with Gasteiger partial charge in [-0.25, -0.2) is 4.39 Å². The molecule has 5 heteroatoms. The number of nitrogens with zero attached hydrogens (tertiary/aromatic N) is 1. The molecule has 2 aromatic carbocycles.